The lowest BCUT2D eigenvalue weighted by molar-refractivity contribution is 0.584. The van der Waals surface area contributed by atoms with Crippen LogP contribution in [0.4, 0.5) is 0 Å². The van der Waals surface area contributed by atoms with Gasteiger partial charge in [-0.2, -0.15) is 0 Å². The zero-order valence-corrected chi connectivity index (χ0v) is 35.5. The largest absolute Gasteiger partial charge is 0.313 e. The normalized spacial score (nSPS) is 19.1. The highest BCUT2D eigenvalue weighted by Gasteiger charge is 2.43. The summed E-state index contributed by atoms with van der Waals surface area (Å²) < 4.78 is 5.27. The summed E-state index contributed by atoms with van der Waals surface area (Å²) in [6, 6.07) is 52.6. The van der Waals surface area contributed by atoms with Crippen LogP contribution in [0.25, 0.3) is 78.0 Å². The predicted molar refractivity (Wildman–Crippen MR) is 254 cm³/mol. The molecule has 0 spiro atoms. The van der Waals surface area contributed by atoms with Crippen LogP contribution in [0.5, 0.6) is 0 Å². The van der Waals surface area contributed by atoms with Crippen molar-refractivity contribution in [2.75, 3.05) is 0 Å². The lowest BCUT2D eigenvalue weighted by Crippen LogP contribution is -2.24. The number of nitrogens with zero attached hydrogens (tertiary/aromatic N) is 2. The van der Waals surface area contributed by atoms with Crippen LogP contribution in [-0.2, 0) is 6.42 Å². The fraction of sp³-hybridized carbons (Fsp3) is 0.207. The van der Waals surface area contributed by atoms with E-state index in [2.05, 4.69) is 196 Å². The second-order valence-electron chi connectivity index (χ2n) is 18.2. The Bertz CT molecular complexity index is 3280. The van der Waals surface area contributed by atoms with Gasteiger partial charge in [0.25, 0.3) is 0 Å². The molecule has 0 fully saturated rings. The van der Waals surface area contributed by atoms with E-state index in [-0.39, 0.29) is 11.8 Å². The molecule has 4 unspecified atom stereocenters. The molecule has 60 heavy (non-hydrogen) atoms. The molecule has 3 aliphatic rings. The average molecular weight is 775 g/mol. The van der Waals surface area contributed by atoms with Gasteiger partial charge < -0.3 is 9.13 Å². The molecule has 7 aromatic carbocycles. The molecular formula is C58H50N2. The van der Waals surface area contributed by atoms with Crippen molar-refractivity contribution in [2.24, 2.45) is 0 Å². The second kappa shape index (κ2) is 13.1. The van der Waals surface area contributed by atoms with Gasteiger partial charge in [-0.05, 0) is 172 Å². The van der Waals surface area contributed by atoms with Crippen LogP contribution >= 0.6 is 0 Å². The van der Waals surface area contributed by atoms with Gasteiger partial charge in [0.15, 0.2) is 0 Å². The van der Waals surface area contributed by atoms with Crippen LogP contribution in [0.3, 0.4) is 0 Å². The smallest absolute Gasteiger partial charge is 0.0582 e. The van der Waals surface area contributed by atoms with E-state index >= 15 is 0 Å². The number of hydrogen-bond donors (Lipinski definition) is 0. The third-order valence-electron chi connectivity index (χ3n) is 15.1. The van der Waals surface area contributed by atoms with E-state index in [9.17, 15) is 0 Å². The molecule has 2 heteroatoms. The number of hydrogen-bond acceptors (Lipinski definition) is 0. The predicted octanol–water partition coefficient (Wildman–Crippen LogP) is 15.6. The van der Waals surface area contributed by atoms with Gasteiger partial charge in [-0.3, -0.25) is 0 Å². The summed E-state index contributed by atoms with van der Waals surface area (Å²) in [7, 11) is 0. The maximum Gasteiger partial charge on any atom is 0.0582 e. The number of allylic oxidation sites excluding steroid dienone is 1. The summed E-state index contributed by atoms with van der Waals surface area (Å²) in [6.07, 6.45) is 4.61. The third kappa shape index (κ3) is 4.82. The third-order valence-corrected chi connectivity index (χ3v) is 15.1. The molecular weight excluding hydrogens is 725 g/mol. The van der Waals surface area contributed by atoms with Crippen molar-refractivity contribution in [3.8, 4) is 33.6 Å². The molecule has 0 saturated carbocycles. The number of benzene rings is 7. The summed E-state index contributed by atoms with van der Waals surface area (Å²) in [6.45, 7) is 14.6. The molecule has 2 aromatic heterocycles. The first-order valence-corrected chi connectivity index (χ1v) is 22.1. The Hall–Kier alpha value is -6.38. The first-order valence-electron chi connectivity index (χ1n) is 22.1. The molecule has 292 valence electrons. The van der Waals surface area contributed by atoms with Crippen molar-refractivity contribution in [3.05, 3.63) is 190 Å². The van der Waals surface area contributed by atoms with E-state index in [0.717, 1.165) is 12.8 Å². The number of para-hydroxylation sites is 2. The molecule has 4 atom stereocenters. The van der Waals surface area contributed by atoms with Crippen LogP contribution in [0.2, 0.25) is 0 Å². The summed E-state index contributed by atoms with van der Waals surface area (Å²) in [5, 5.41) is 4.13. The number of rotatable bonds is 4. The van der Waals surface area contributed by atoms with Crippen LogP contribution in [-0.4, -0.2) is 9.13 Å². The van der Waals surface area contributed by atoms with Gasteiger partial charge in [0, 0.05) is 38.8 Å². The summed E-state index contributed by atoms with van der Waals surface area (Å²) in [5.41, 5.74) is 26.6. The van der Waals surface area contributed by atoms with Gasteiger partial charge in [-0.25, -0.2) is 0 Å². The molecule has 12 rings (SSSR count). The Labute approximate surface area is 353 Å². The fourth-order valence-electron chi connectivity index (χ4n) is 11.8. The Kier molecular flexibility index (Phi) is 7.74. The van der Waals surface area contributed by atoms with Crippen LogP contribution in [0.1, 0.15) is 108 Å². The topological polar surface area (TPSA) is 9.86 Å². The van der Waals surface area contributed by atoms with Gasteiger partial charge in [0.2, 0.25) is 0 Å². The van der Waals surface area contributed by atoms with E-state index in [1.54, 1.807) is 0 Å². The van der Waals surface area contributed by atoms with Crippen molar-refractivity contribution in [1.29, 1.82) is 0 Å². The van der Waals surface area contributed by atoms with Crippen molar-refractivity contribution < 1.29 is 0 Å². The molecule has 3 aliphatic carbocycles. The van der Waals surface area contributed by atoms with Crippen molar-refractivity contribution in [2.45, 2.75) is 78.1 Å². The SMILES string of the molecule is Cc1ccccc1C1=Cc2c(n(-c3ccccc3)c3c4c5c(cc23)C(C)C(C)c2cc3c6cc(-c7ccccc7C)ccc6n(-c6ccccc6)c3c(c2-5)C(C)C4C)CC1. The van der Waals surface area contributed by atoms with Gasteiger partial charge in [0.05, 0.1) is 16.6 Å². The van der Waals surface area contributed by atoms with E-state index in [4.69, 9.17) is 0 Å². The van der Waals surface area contributed by atoms with Crippen molar-refractivity contribution in [1.82, 2.24) is 9.13 Å². The highest BCUT2D eigenvalue weighted by Crippen LogP contribution is 2.61. The Balaban J connectivity index is 1.22. The van der Waals surface area contributed by atoms with E-state index < -0.39 is 0 Å². The molecule has 2 heterocycles. The van der Waals surface area contributed by atoms with Gasteiger partial charge in [-0.1, -0.05) is 119 Å². The van der Waals surface area contributed by atoms with E-state index in [1.807, 2.05) is 0 Å². The zero-order chi connectivity index (χ0) is 40.6. The zero-order valence-electron chi connectivity index (χ0n) is 35.5. The molecule has 9 aromatic rings. The molecule has 0 N–H and O–H groups in total. The van der Waals surface area contributed by atoms with Crippen LogP contribution in [0.15, 0.2) is 140 Å². The minimum absolute atomic E-state index is 0.283. The molecule has 0 amide bonds. The highest BCUT2D eigenvalue weighted by atomic mass is 15.0. The van der Waals surface area contributed by atoms with E-state index in [0.29, 0.717) is 11.8 Å². The standard InChI is InChI=1S/C58H50N2/c1-33-17-13-15-23-43(33)39-25-27-51-47(29-39)49-31-45-35(3)36(4)46-32-50-48-30-40(44-24-16-14-18-34(44)2)26-28-52(48)60(42-21-11-8-12-22-42)58(50)54-38(6)37(5)53(55(45)56(46)54)57(49)59(51)41-19-9-7-10-20-41/h7-25,27,29-32,35-38H,26,28H2,1-6H3. The molecule has 0 bridgehead atoms. The lowest BCUT2D eigenvalue weighted by atomic mass is 9.62. The Morgan fingerprint density at radius 2 is 1.00 bits per heavy atom. The number of fused-ring (bicyclic) bond motifs is 8. The van der Waals surface area contributed by atoms with Crippen LogP contribution in [0, 0.1) is 13.8 Å². The molecule has 0 saturated heterocycles. The number of aryl methyl sites for hydroxylation is 2. The molecule has 0 aliphatic heterocycles. The van der Waals surface area contributed by atoms with Crippen molar-refractivity contribution >= 4 is 44.4 Å². The molecule has 2 nitrogen and oxygen atoms in total. The minimum Gasteiger partial charge on any atom is -0.313 e. The minimum atomic E-state index is 0.283. The van der Waals surface area contributed by atoms with Gasteiger partial charge in [-0.15, -0.1) is 0 Å². The first-order chi connectivity index (χ1) is 29.3. The molecule has 0 radical (unpaired) electrons. The summed E-state index contributed by atoms with van der Waals surface area (Å²) in [5.74, 6) is 1.30. The maximum absolute atomic E-state index is 2.68. The van der Waals surface area contributed by atoms with Crippen molar-refractivity contribution in [3.63, 3.8) is 0 Å². The monoisotopic (exact) mass is 774 g/mol. The quantitative estimate of drug-likeness (QED) is 0.169. The van der Waals surface area contributed by atoms with E-state index in [1.165, 1.54) is 122 Å². The lowest BCUT2D eigenvalue weighted by Gasteiger charge is -2.42. The summed E-state index contributed by atoms with van der Waals surface area (Å²) >= 11 is 0. The second-order valence-corrected chi connectivity index (χ2v) is 18.2. The average Bonchev–Trinajstić information content (AvgIpc) is 3.79. The first kappa shape index (κ1) is 35.6. The van der Waals surface area contributed by atoms with Crippen LogP contribution < -0.4 is 0 Å². The summed E-state index contributed by atoms with van der Waals surface area (Å²) in [4.78, 5) is 0. The highest BCUT2D eigenvalue weighted by molar-refractivity contribution is 6.15. The maximum atomic E-state index is 2.68. The van der Waals surface area contributed by atoms with Gasteiger partial charge >= 0.3 is 0 Å². The Morgan fingerprint density at radius 1 is 0.467 bits per heavy atom. The number of aromatic nitrogens is 2. The fourth-order valence-corrected chi connectivity index (χ4v) is 11.8. The van der Waals surface area contributed by atoms with Gasteiger partial charge in [0.1, 0.15) is 0 Å². The Morgan fingerprint density at radius 3 is 1.62 bits per heavy atom.